The van der Waals surface area contributed by atoms with Crippen molar-refractivity contribution < 1.29 is 28.5 Å². The van der Waals surface area contributed by atoms with Gasteiger partial charge in [0.05, 0.1) is 19.3 Å². The molecule has 2 aromatic rings. The van der Waals surface area contributed by atoms with E-state index in [2.05, 4.69) is 24.7 Å². The third-order valence-electron chi connectivity index (χ3n) is 4.31. The van der Waals surface area contributed by atoms with Gasteiger partial charge in [-0.3, -0.25) is 20.4 Å². The van der Waals surface area contributed by atoms with E-state index in [1.165, 1.54) is 7.11 Å². The predicted molar refractivity (Wildman–Crippen MR) is 105 cm³/mol. The first-order chi connectivity index (χ1) is 14.0. The van der Waals surface area contributed by atoms with Gasteiger partial charge in [-0.25, -0.2) is 0 Å². The number of hydrazine groups is 1. The fourth-order valence-electron chi connectivity index (χ4n) is 2.69. The highest BCUT2D eigenvalue weighted by molar-refractivity contribution is 6.01. The Balaban J connectivity index is 1.62. The van der Waals surface area contributed by atoms with Crippen molar-refractivity contribution in [2.45, 2.75) is 20.3 Å². The van der Waals surface area contributed by atoms with Crippen molar-refractivity contribution >= 4 is 11.8 Å². The summed E-state index contributed by atoms with van der Waals surface area (Å²) >= 11 is 0. The summed E-state index contributed by atoms with van der Waals surface area (Å²) in [4.78, 5) is 24.8. The second-order valence-electron chi connectivity index (χ2n) is 6.84. The zero-order valence-corrected chi connectivity index (χ0v) is 16.6. The zero-order chi connectivity index (χ0) is 20.8. The lowest BCUT2D eigenvalue weighted by molar-refractivity contribution is 0.0843. The van der Waals surface area contributed by atoms with E-state index in [1.54, 1.807) is 36.4 Å². The van der Waals surface area contributed by atoms with E-state index >= 15 is 0 Å². The first-order valence-corrected chi connectivity index (χ1v) is 9.29. The van der Waals surface area contributed by atoms with E-state index in [1.807, 2.05) is 0 Å². The quantitative estimate of drug-likeness (QED) is 0.694. The Bertz CT molecular complexity index is 897. The minimum Gasteiger partial charge on any atom is -0.493 e. The van der Waals surface area contributed by atoms with Gasteiger partial charge in [0, 0.05) is 5.56 Å². The highest BCUT2D eigenvalue weighted by atomic mass is 16.7. The van der Waals surface area contributed by atoms with Crippen molar-refractivity contribution in [1.29, 1.82) is 0 Å². The van der Waals surface area contributed by atoms with Gasteiger partial charge in [-0.1, -0.05) is 19.9 Å². The number of benzene rings is 2. The van der Waals surface area contributed by atoms with Crippen LogP contribution in [0.4, 0.5) is 0 Å². The average molecular weight is 400 g/mol. The molecule has 0 aliphatic carbocycles. The molecule has 0 atom stereocenters. The minimum absolute atomic E-state index is 0.0529. The molecule has 0 saturated carbocycles. The van der Waals surface area contributed by atoms with E-state index in [9.17, 15) is 9.59 Å². The fraction of sp³-hybridized carbons (Fsp3) is 0.333. The molecule has 0 fully saturated rings. The lowest BCUT2D eigenvalue weighted by Crippen LogP contribution is -2.41. The molecule has 2 amide bonds. The number of amides is 2. The molecule has 1 aliphatic heterocycles. The van der Waals surface area contributed by atoms with Gasteiger partial charge in [0.1, 0.15) is 0 Å². The third-order valence-corrected chi connectivity index (χ3v) is 4.31. The topological polar surface area (TPSA) is 95.1 Å². The molecule has 0 unspecified atom stereocenters. The molecule has 2 N–H and O–H groups in total. The Morgan fingerprint density at radius 3 is 2.62 bits per heavy atom. The number of hydrogen-bond donors (Lipinski definition) is 2. The van der Waals surface area contributed by atoms with Crippen molar-refractivity contribution in [3.8, 4) is 23.0 Å². The summed E-state index contributed by atoms with van der Waals surface area (Å²) in [5.74, 6) is 1.37. The molecule has 0 radical (unpaired) electrons. The van der Waals surface area contributed by atoms with Gasteiger partial charge >= 0.3 is 0 Å². The van der Waals surface area contributed by atoms with E-state index in [0.717, 1.165) is 6.42 Å². The van der Waals surface area contributed by atoms with Gasteiger partial charge in [0.25, 0.3) is 11.8 Å². The lowest BCUT2D eigenvalue weighted by Gasteiger charge is -2.13. The second-order valence-corrected chi connectivity index (χ2v) is 6.84. The maximum Gasteiger partial charge on any atom is 0.273 e. The van der Waals surface area contributed by atoms with Crippen molar-refractivity contribution in [3.63, 3.8) is 0 Å². The monoisotopic (exact) mass is 400 g/mol. The lowest BCUT2D eigenvalue weighted by atomic mass is 10.1. The number of carbonyl (C=O) groups is 2. The van der Waals surface area contributed by atoms with Crippen LogP contribution in [0.5, 0.6) is 23.0 Å². The number of methoxy groups -OCH3 is 1. The summed E-state index contributed by atoms with van der Waals surface area (Å²) in [6.45, 7) is 4.84. The van der Waals surface area contributed by atoms with E-state index in [-0.39, 0.29) is 12.4 Å². The number of nitrogens with one attached hydrogen (secondary N) is 2. The minimum atomic E-state index is -0.513. The first kappa shape index (κ1) is 20.3. The molecular formula is C21H24N2O6. The summed E-state index contributed by atoms with van der Waals surface area (Å²) in [5.41, 5.74) is 5.35. The van der Waals surface area contributed by atoms with Gasteiger partial charge < -0.3 is 18.9 Å². The van der Waals surface area contributed by atoms with E-state index in [4.69, 9.17) is 18.9 Å². The molecule has 1 heterocycles. The van der Waals surface area contributed by atoms with Crippen LogP contribution >= 0.6 is 0 Å². The number of carbonyl (C=O) groups excluding carboxylic acids is 2. The molecule has 0 saturated heterocycles. The number of rotatable bonds is 7. The first-order valence-electron chi connectivity index (χ1n) is 9.29. The van der Waals surface area contributed by atoms with Crippen LogP contribution in [0, 0.1) is 5.92 Å². The van der Waals surface area contributed by atoms with Gasteiger partial charge in [0.15, 0.2) is 23.0 Å². The summed E-state index contributed by atoms with van der Waals surface area (Å²) in [7, 11) is 1.51. The maximum atomic E-state index is 12.4. The number of para-hydroxylation sites is 1. The highest BCUT2D eigenvalue weighted by Gasteiger charge is 2.22. The van der Waals surface area contributed by atoms with Crippen molar-refractivity contribution in [2.24, 2.45) is 5.92 Å². The Kier molecular flexibility index (Phi) is 6.43. The zero-order valence-electron chi connectivity index (χ0n) is 16.6. The largest absolute Gasteiger partial charge is 0.493 e. The number of ether oxygens (including phenoxy) is 4. The number of fused-ring (bicyclic) bond motifs is 1. The molecule has 154 valence electrons. The molecule has 0 bridgehead atoms. The number of hydrogen-bond acceptors (Lipinski definition) is 6. The van der Waals surface area contributed by atoms with Crippen LogP contribution in [0.2, 0.25) is 0 Å². The van der Waals surface area contributed by atoms with Crippen molar-refractivity contribution in [3.05, 3.63) is 47.5 Å². The van der Waals surface area contributed by atoms with Crippen LogP contribution in [-0.4, -0.2) is 32.3 Å². The molecule has 2 aromatic carbocycles. The average Bonchev–Trinajstić information content (AvgIpc) is 3.20. The van der Waals surface area contributed by atoms with Gasteiger partial charge in [0.2, 0.25) is 6.79 Å². The summed E-state index contributed by atoms with van der Waals surface area (Å²) < 4.78 is 21.6. The fourth-order valence-corrected chi connectivity index (χ4v) is 2.69. The molecule has 8 nitrogen and oxygen atoms in total. The van der Waals surface area contributed by atoms with Crippen molar-refractivity contribution in [2.75, 3.05) is 20.5 Å². The highest BCUT2D eigenvalue weighted by Crippen LogP contribution is 2.35. The van der Waals surface area contributed by atoms with Crippen LogP contribution in [0.15, 0.2) is 36.4 Å². The molecule has 0 spiro atoms. The van der Waals surface area contributed by atoms with Gasteiger partial charge in [-0.15, -0.1) is 0 Å². The standard InChI is InChI=1S/C21H24N2O6/c1-13(2)9-10-27-16-8-7-14(11-18(16)26-3)20(24)22-23-21(25)15-5-4-6-17-19(15)29-12-28-17/h4-8,11,13H,9-10,12H2,1-3H3,(H,22,24)(H,23,25). The molecule has 0 aromatic heterocycles. The van der Waals surface area contributed by atoms with E-state index in [0.29, 0.717) is 41.1 Å². The molecule has 1 aliphatic rings. The normalized spacial score (nSPS) is 11.9. The molecule has 29 heavy (non-hydrogen) atoms. The van der Waals surface area contributed by atoms with Gasteiger partial charge in [-0.2, -0.15) is 0 Å². The SMILES string of the molecule is COc1cc(C(=O)NNC(=O)c2cccc3c2OCO3)ccc1OCCC(C)C. The summed E-state index contributed by atoms with van der Waals surface area (Å²) in [5, 5.41) is 0. The van der Waals surface area contributed by atoms with Crippen LogP contribution in [-0.2, 0) is 0 Å². The Labute approximate surface area is 169 Å². The van der Waals surface area contributed by atoms with Crippen LogP contribution in [0.25, 0.3) is 0 Å². The summed E-state index contributed by atoms with van der Waals surface area (Å²) in [6, 6.07) is 9.80. The smallest absolute Gasteiger partial charge is 0.273 e. The van der Waals surface area contributed by atoms with Crippen molar-refractivity contribution in [1.82, 2.24) is 10.9 Å². The molecular weight excluding hydrogens is 376 g/mol. The Morgan fingerprint density at radius 2 is 1.86 bits per heavy atom. The Morgan fingerprint density at radius 1 is 1.07 bits per heavy atom. The predicted octanol–water partition coefficient (Wildman–Crippen LogP) is 2.92. The van der Waals surface area contributed by atoms with Crippen LogP contribution in [0.3, 0.4) is 0 Å². The maximum absolute atomic E-state index is 12.4. The molecule has 3 rings (SSSR count). The molecule has 8 heteroatoms. The third kappa shape index (κ3) is 4.90. The van der Waals surface area contributed by atoms with Crippen LogP contribution < -0.4 is 29.8 Å². The Hall–Kier alpha value is -3.42. The van der Waals surface area contributed by atoms with Gasteiger partial charge in [-0.05, 0) is 42.7 Å². The summed E-state index contributed by atoms with van der Waals surface area (Å²) in [6.07, 6.45) is 0.912. The van der Waals surface area contributed by atoms with E-state index < -0.39 is 11.8 Å². The van der Waals surface area contributed by atoms with Crippen LogP contribution in [0.1, 0.15) is 41.0 Å². The second kappa shape index (κ2) is 9.18.